The zero-order valence-corrected chi connectivity index (χ0v) is 14.6. The maximum Gasteiger partial charge on any atom is 0.221 e. The lowest BCUT2D eigenvalue weighted by molar-refractivity contribution is -0.114. The van der Waals surface area contributed by atoms with Gasteiger partial charge in [-0.1, -0.05) is 11.3 Å². The SMILES string of the molecule is CC(=O)Nc1ccc(C(=O)c2sc(Nc3ccc(F)cc3)nc2N)cc1. The van der Waals surface area contributed by atoms with E-state index in [1.54, 1.807) is 36.4 Å². The molecule has 6 nitrogen and oxygen atoms in total. The standard InChI is InChI=1S/C18H15FN4O2S/c1-10(24)21-13-6-2-11(3-7-13)15(25)16-17(20)23-18(26-16)22-14-8-4-12(19)5-9-14/h2-9H,20H2,1H3,(H,21,24)(H,22,23). The molecule has 1 amide bonds. The van der Waals surface area contributed by atoms with E-state index in [1.807, 2.05) is 0 Å². The van der Waals surface area contributed by atoms with E-state index in [2.05, 4.69) is 15.6 Å². The molecule has 0 unspecified atom stereocenters. The molecule has 0 bridgehead atoms. The van der Waals surface area contributed by atoms with Crippen molar-refractivity contribution in [3.8, 4) is 0 Å². The lowest BCUT2D eigenvalue weighted by Gasteiger charge is -2.03. The normalized spacial score (nSPS) is 10.4. The highest BCUT2D eigenvalue weighted by Gasteiger charge is 2.18. The van der Waals surface area contributed by atoms with Gasteiger partial charge in [0.25, 0.3) is 0 Å². The summed E-state index contributed by atoms with van der Waals surface area (Å²) in [7, 11) is 0. The maximum atomic E-state index is 13.0. The molecule has 0 saturated heterocycles. The van der Waals surface area contributed by atoms with Gasteiger partial charge in [-0.2, -0.15) is 0 Å². The van der Waals surface area contributed by atoms with Gasteiger partial charge in [0, 0.05) is 23.9 Å². The third-order valence-electron chi connectivity index (χ3n) is 3.42. The smallest absolute Gasteiger partial charge is 0.221 e. The molecule has 8 heteroatoms. The average Bonchev–Trinajstić information content (AvgIpc) is 2.97. The van der Waals surface area contributed by atoms with E-state index in [1.165, 1.54) is 19.1 Å². The Bertz CT molecular complexity index is 952. The van der Waals surface area contributed by atoms with Crippen molar-refractivity contribution in [1.82, 2.24) is 4.98 Å². The number of carbonyl (C=O) groups is 2. The van der Waals surface area contributed by atoms with Crippen molar-refractivity contribution in [2.24, 2.45) is 0 Å². The Morgan fingerprint density at radius 3 is 2.27 bits per heavy atom. The molecule has 2 aromatic carbocycles. The Balaban J connectivity index is 1.78. The number of hydrogen-bond donors (Lipinski definition) is 3. The minimum Gasteiger partial charge on any atom is -0.382 e. The first-order valence-electron chi connectivity index (χ1n) is 7.63. The largest absolute Gasteiger partial charge is 0.382 e. The Morgan fingerprint density at radius 1 is 1.04 bits per heavy atom. The molecule has 26 heavy (non-hydrogen) atoms. The Labute approximate surface area is 152 Å². The molecule has 0 fully saturated rings. The number of halogens is 1. The van der Waals surface area contributed by atoms with E-state index in [4.69, 9.17) is 5.73 Å². The number of aromatic nitrogens is 1. The molecule has 0 atom stereocenters. The molecule has 0 radical (unpaired) electrons. The van der Waals surface area contributed by atoms with Crippen molar-refractivity contribution in [1.29, 1.82) is 0 Å². The van der Waals surface area contributed by atoms with Gasteiger partial charge < -0.3 is 16.4 Å². The summed E-state index contributed by atoms with van der Waals surface area (Å²) >= 11 is 1.12. The number of nitrogens with zero attached hydrogens (tertiary/aromatic N) is 1. The van der Waals surface area contributed by atoms with Crippen LogP contribution < -0.4 is 16.4 Å². The summed E-state index contributed by atoms with van der Waals surface area (Å²) in [4.78, 5) is 28.1. The highest BCUT2D eigenvalue weighted by molar-refractivity contribution is 7.18. The molecule has 0 spiro atoms. The van der Waals surface area contributed by atoms with E-state index < -0.39 is 0 Å². The maximum absolute atomic E-state index is 13.0. The highest BCUT2D eigenvalue weighted by Crippen LogP contribution is 2.30. The summed E-state index contributed by atoms with van der Waals surface area (Å²) in [5, 5.41) is 6.06. The molecular formula is C18H15FN4O2S. The van der Waals surface area contributed by atoms with Gasteiger partial charge in [0.15, 0.2) is 5.13 Å². The first kappa shape index (κ1) is 17.6. The van der Waals surface area contributed by atoms with Crippen LogP contribution in [0.4, 0.5) is 26.7 Å². The average molecular weight is 370 g/mol. The van der Waals surface area contributed by atoms with E-state index in [9.17, 15) is 14.0 Å². The number of rotatable bonds is 5. The predicted octanol–water partition coefficient (Wildman–Crippen LogP) is 3.80. The number of nitrogen functional groups attached to an aromatic ring is 1. The lowest BCUT2D eigenvalue weighted by Crippen LogP contribution is -2.06. The molecule has 1 heterocycles. The molecule has 0 aliphatic heterocycles. The van der Waals surface area contributed by atoms with E-state index in [0.717, 1.165) is 11.3 Å². The molecule has 3 rings (SSSR count). The molecule has 0 aliphatic rings. The Hall–Kier alpha value is -3.26. The van der Waals surface area contributed by atoms with Crippen molar-refractivity contribution in [2.45, 2.75) is 6.92 Å². The number of benzene rings is 2. The van der Waals surface area contributed by atoms with Crippen LogP contribution in [0.2, 0.25) is 0 Å². The summed E-state index contributed by atoms with van der Waals surface area (Å²) < 4.78 is 13.0. The summed E-state index contributed by atoms with van der Waals surface area (Å²) in [6.45, 7) is 1.41. The number of carbonyl (C=O) groups excluding carboxylic acids is 2. The van der Waals surface area contributed by atoms with Gasteiger partial charge in [-0.25, -0.2) is 9.37 Å². The summed E-state index contributed by atoms with van der Waals surface area (Å²) in [5.74, 6) is -0.669. The fraction of sp³-hybridized carbons (Fsp3) is 0.0556. The van der Waals surface area contributed by atoms with E-state index in [-0.39, 0.29) is 23.3 Å². The van der Waals surface area contributed by atoms with Crippen LogP contribution in [0.25, 0.3) is 0 Å². The molecule has 1 aromatic heterocycles. The highest BCUT2D eigenvalue weighted by atomic mass is 32.1. The number of anilines is 4. The fourth-order valence-electron chi connectivity index (χ4n) is 2.24. The molecular weight excluding hydrogens is 355 g/mol. The zero-order valence-electron chi connectivity index (χ0n) is 13.7. The van der Waals surface area contributed by atoms with Gasteiger partial charge in [0.2, 0.25) is 11.7 Å². The van der Waals surface area contributed by atoms with Crippen LogP contribution in [0.3, 0.4) is 0 Å². The van der Waals surface area contributed by atoms with Crippen molar-refractivity contribution in [2.75, 3.05) is 16.4 Å². The number of hydrogen-bond acceptors (Lipinski definition) is 6. The summed E-state index contributed by atoms with van der Waals surface area (Å²) in [6.07, 6.45) is 0. The van der Waals surface area contributed by atoms with Gasteiger partial charge in [0.1, 0.15) is 16.5 Å². The minimum atomic E-state index is -0.340. The first-order valence-corrected chi connectivity index (χ1v) is 8.45. The lowest BCUT2D eigenvalue weighted by atomic mass is 10.1. The second-order valence-corrected chi connectivity index (χ2v) is 6.45. The Morgan fingerprint density at radius 2 is 1.65 bits per heavy atom. The fourth-order valence-corrected chi connectivity index (χ4v) is 3.11. The number of nitrogens with one attached hydrogen (secondary N) is 2. The van der Waals surface area contributed by atoms with E-state index >= 15 is 0 Å². The second kappa shape index (κ2) is 7.32. The molecule has 132 valence electrons. The van der Waals surface area contributed by atoms with Crippen LogP contribution in [0.15, 0.2) is 48.5 Å². The second-order valence-electron chi connectivity index (χ2n) is 5.45. The van der Waals surface area contributed by atoms with Crippen LogP contribution in [-0.4, -0.2) is 16.7 Å². The third kappa shape index (κ3) is 4.04. The van der Waals surface area contributed by atoms with Gasteiger partial charge in [0.05, 0.1) is 0 Å². The third-order valence-corrected chi connectivity index (χ3v) is 4.41. The van der Waals surface area contributed by atoms with Crippen LogP contribution >= 0.6 is 11.3 Å². The van der Waals surface area contributed by atoms with E-state index in [0.29, 0.717) is 26.9 Å². The van der Waals surface area contributed by atoms with Crippen LogP contribution in [0, 0.1) is 5.82 Å². The Kier molecular flexibility index (Phi) is 4.94. The minimum absolute atomic E-state index is 0.121. The van der Waals surface area contributed by atoms with Crippen LogP contribution in [0.1, 0.15) is 22.2 Å². The number of amides is 1. The van der Waals surface area contributed by atoms with Crippen molar-refractivity contribution in [3.05, 3.63) is 64.8 Å². The number of nitrogens with two attached hydrogens (primary N) is 1. The van der Waals surface area contributed by atoms with Crippen molar-refractivity contribution in [3.63, 3.8) is 0 Å². The predicted molar refractivity (Wildman–Crippen MR) is 100 cm³/mol. The van der Waals surface area contributed by atoms with Crippen LogP contribution in [-0.2, 0) is 4.79 Å². The van der Waals surface area contributed by atoms with Gasteiger partial charge in [-0.3, -0.25) is 9.59 Å². The molecule has 0 saturated carbocycles. The molecule has 4 N–H and O–H groups in total. The zero-order chi connectivity index (χ0) is 18.7. The topological polar surface area (TPSA) is 97.1 Å². The summed E-state index contributed by atoms with van der Waals surface area (Å²) in [5.41, 5.74) is 7.55. The number of ketones is 1. The van der Waals surface area contributed by atoms with Crippen LogP contribution in [0.5, 0.6) is 0 Å². The van der Waals surface area contributed by atoms with Crippen molar-refractivity contribution >= 4 is 45.4 Å². The van der Waals surface area contributed by atoms with Gasteiger partial charge in [-0.15, -0.1) is 0 Å². The van der Waals surface area contributed by atoms with Crippen molar-refractivity contribution < 1.29 is 14.0 Å². The number of thiazole rings is 1. The quantitative estimate of drug-likeness (QED) is 0.594. The first-order chi connectivity index (χ1) is 12.4. The molecule has 3 aromatic rings. The monoisotopic (exact) mass is 370 g/mol. The molecule has 0 aliphatic carbocycles. The van der Waals surface area contributed by atoms with Gasteiger partial charge in [-0.05, 0) is 48.5 Å². The van der Waals surface area contributed by atoms with Gasteiger partial charge >= 0.3 is 0 Å². The summed E-state index contributed by atoms with van der Waals surface area (Å²) in [6, 6.07) is 12.3.